The van der Waals surface area contributed by atoms with Crippen LogP contribution in [0.3, 0.4) is 0 Å². The number of hydrogen-bond donors (Lipinski definition) is 1. The van der Waals surface area contributed by atoms with Crippen molar-refractivity contribution in [2.45, 2.75) is 6.92 Å². The summed E-state index contributed by atoms with van der Waals surface area (Å²) in [5, 5.41) is 2.99. The van der Waals surface area contributed by atoms with E-state index in [1.54, 1.807) is 18.2 Å². The fourth-order valence-corrected chi connectivity index (χ4v) is 2.59. The Morgan fingerprint density at radius 3 is 2.44 bits per heavy atom. The van der Waals surface area contributed by atoms with Crippen LogP contribution < -0.4 is 5.32 Å². The van der Waals surface area contributed by atoms with Crippen LogP contribution in [0.1, 0.15) is 15.9 Å². The number of rotatable bonds is 3. The van der Waals surface area contributed by atoms with Gasteiger partial charge in [-0.3, -0.25) is 9.78 Å². The molecule has 2 aromatic carbocycles. The van der Waals surface area contributed by atoms with Crippen LogP contribution in [-0.4, -0.2) is 10.9 Å². The number of nitrogens with one attached hydrogen (secondary N) is 1. The Morgan fingerprint density at radius 2 is 1.80 bits per heavy atom. The Labute approximate surface area is 148 Å². The standard InChI is InChI=1S/C19H13ClF2N2O/c1-11-5-7-14(20)13(9-11)17-8-6-12(10-23-17)24-19(25)18-15(21)3-2-4-16(18)22/h2-10H,1H3,(H,24,25). The number of aryl methyl sites for hydroxylation is 1. The van der Waals surface area contributed by atoms with Crippen LogP contribution >= 0.6 is 11.6 Å². The lowest BCUT2D eigenvalue weighted by Gasteiger charge is -2.09. The Morgan fingerprint density at radius 1 is 1.08 bits per heavy atom. The Hall–Kier alpha value is -2.79. The van der Waals surface area contributed by atoms with Gasteiger partial charge in [-0.2, -0.15) is 0 Å². The van der Waals surface area contributed by atoms with E-state index in [9.17, 15) is 13.6 Å². The number of carbonyl (C=O) groups excluding carboxylic acids is 1. The zero-order valence-electron chi connectivity index (χ0n) is 13.2. The first-order valence-corrected chi connectivity index (χ1v) is 7.81. The second-order valence-electron chi connectivity index (χ2n) is 5.47. The van der Waals surface area contributed by atoms with Gasteiger partial charge in [-0.1, -0.05) is 29.3 Å². The highest BCUT2D eigenvalue weighted by molar-refractivity contribution is 6.33. The normalized spacial score (nSPS) is 10.6. The summed E-state index contributed by atoms with van der Waals surface area (Å²) in [5.74, 6) is -2.72. The van der Waals surface area contributed by atoms with E-state index in [1.807, 2.05) is 19.1 Å². The molecule has 0 fully saturated rings. The maximum absolute atomic E-state index is 13.6. The summed E-state index contributed by atoms with van der Waals surface area (Å²) in [6, 6.07) is 12.1. The van der Waals surface area contributed by atoms with Gasteiger partial charge in [0, 0.05) is 10.6 Å². The van der Waals surface area contributed by atoms with E-state index < -0.39 is 23.1 Å². The summed E-state index contributed by atoms with van der Waals surface area (Å²) in [4.78, 5) is 16.3. The van der Waals surface area contributed by atoms with Gasteiger partial charge < -0.3 is 5.32 Å². The predicted molar refractivity (Wildman–Crippen MR) is 93.7 cm³/mol. The van der Waals surface area contributed by atoms with E-state index in [2.05, 4.69) is 10.3 Å². The number of carbonyl (C=O) groups is 1. The number of pyridine rings is 1. The SMILES string of the molecule is Cc1ccc(Cl)c(-c2ccc(NC(=O)c3c(F)cccc3F)cn2)c1. The maximum atomic E-state index is 13.6. The van der Waals surface area contributed by atoms with Crippen LogP contribution in [0.2, 0.25) is 5.02 Å². The van der Waals surface area contributed by atoms with Gasteiger partial charge in [-0.15, -0.1) is 0 Å². The van der Waals surface area contributed by atoms with Crippen molar-refractivity contribution < 1.29 is 13.6 Å². The first kappa shape index (κ1) is 17.0. The molecule has 0 unspecified atom stereocenters. The third kappa shape index (κ3) is 3.67. The summed E-state index contributed by atoms with van der Waals surface area (Å²) in [7, 11) is 0. The molecule has 0 saturated heterocycles. The second kappa shape index (κ2) is 6.99. The van der Waals surface area contributed by atoms with Crippen LogP contribution in [0.25, 0.3) is 11.3 Å². The quantitative estimate of drug-likeness (QED) is 0.695. The molecular formula is C19H13ClF2N2O. The molecule has 0 atom stereocenters. The minimum atomic E-state index is -0.923. The number of hydrogen-bond acceptors (Lipinski definition) is 2. The first-order chi connectivity index (χ1) is 12.0. The summed E-state index contributed by atoms with van der Waals surface area (Å²) in [5.41, 5.74) is 2.12. The minimum Gasteiger partial charge on any atom is -0.320 e. The summed E-state index contributed by atoms with van der Waals surface area (Å²) < 4.78 is 27.3. The fourth-order valence-electron chi connectivity index (χ4n) is 2.37. The number of benzene rings is 2. The van der Waals surface area contributed by atoms with Crippen molar-refractivity contribution in [3.63, 3.8) is 0 Å². The largest absolute Gasteiger partial charge is 0.320 e. The molecule has 0 bridgehead atoms. The number of anilines is 1. The van der Waals surface area contributed by atoms with Crippen molar-refractivity contribution in [3.8, 4) is 11.3 Å². The monoisotopic (exact) mass is 358 g/mol. The summed E-state index contributed by atoms with van der Waals surface area (Å²) >= 11 is 6.18. The van der Waals surface area contributed by atoms with Gasteiger partial charge in [-0.25, -0.2) is 8.78 Å². The third-order valence-electron chi connectivity index (χ3n) is 3.61. The summed E-state index contributed by atoms with van der Waals surface area (Å²) in [6.07, 6.45) is 1.41. The molecule has 126 valence electrons. The van der Waals surface area contributed by atoms with Crippen molar-refractivity contribution in [1.82, 2.24) is 4.98 Å². The van der Waals surface area contributed by atoms with Gasteiger partial charge in [0.15, 0.2) is 0 Å². The fraction of sp³-hybridized carbons (Fsp3) is 0.0526. The topological polar surface area (TPSA) is 42.0 Å². The number of amides is 1. The van der Waals surface area contributed by atoms with E-state index in [0.717, 1.165) is 23.3 Å². The Kier molecular flexibility index (Phi) is 4.76. The molecule has 6 heteroatoms. The van der Waals surface area contributed by atoms with Gasteiger partial charge in [-0.05, 0) is 43.3 Å². The van der Waals surface area contributed by atoms with E-state index in [4.69, 9.17) is 11.6 Å². The van der Waals surface area contributed by atoms with E-state index in [0.29, 0.717) is 16.4 Å². The maximum Gasteiger partial charge on any atom is 0.261 e. The average molecular weight is 359 g/mol. The van der Waals surface area contributed by atoms with Gasteiger partial charge in [0.1, 0.15) is 17.2 Å². The molecule has 0 saturated carbocycles. The lowest BCUT2D eigenvalue weighted by molar-refractivity contribution is 0.101. The molecule has 0 spiro atoms. The van der Waals surface area contributed by atoms with Crippen LogP contribution in [0.5, 0.6) is 0 Å². The highest BCUT2D eigenvalue weighted by atomic mass is 35.5. The molecule has 1 N–H and O–H groups in total. The van der Waals surface area contributed by atoms with Crippen molar-refractivity contribution in [1.29, 1.82) is 0 Å². The molecule has 3 aromatic rings. The molecule has 1 heterocycles. The smallest absolute Gasteiger partial charge is 0.261 e. The van der Waals surface area contributed by atoms with Gasteiger partial charge >= 0.3 is 0 Å². The number of nitrogens with zero attached hydrogens (tertiary/aromatic N) is 1. The highest BCUT2D eigenvalue weighted by Gasteiger charge is 2.17. The van der Waals surface area contributed by atoms with Crippen molar-refractivity contribution in [3.05, 3.63) is 82.5 Å². The van der Waals surface area contributed by atoms with Crippen LogP contribution in [0.15, 0.2) is 54.7 Å². The first-order valence-electron chi connectivity index (χ1n) is 7.43. The molecule has 3 rings (SSSR count). The molecule has 0 aliphatic heterocycles. The average Bonchev–Trinajstić information content (AvgIpc) is 2.58. The molecule has 0 aliphatic carbocycles. The zero-order valence-corrected chi connectivity index (χ0v) is 13.9. The Balaban J connectivity index is 1.84. The predicted octanol–water partition coefficient (Wildman–Crippen LogP) is 5.24. The lowest BCUT2D eigenvalue weighted by atomic mass is 10.1. The number of halogens is 3. The van der Waals surface area contributed by atoms with E-state index >= 15 is 0 Å². The van der Waals surface area contributed by atoms with Crippen LogP contribution in [0.4, 0.5) is 14.5 Å². The summed E-state index contributed by atoms with van der Waals surface area (Å²) in [6.45, 7) is 1.94. The Bertz CT molecular complexity index is 922. The molecule has 1 aromatic heterocycles. The molecule has 3 nitrogen and oxygen atoms in total. The van der Waals surface area contributed by atoms with Crippen molar-refractivity contribution >= 4 is 23.2 Å². The molecular weight excluding hydrogens is 346 g/mol. The molecule has 25 heavy (non-hydrogen) atoms. The van der Waals surface area contributed by atoms with E-state index in [-0.39, 0.29) is 0 Å². The number of aromatic nitrogens is 1. The zero-order chi connectivity index (χ0) is 18.0. The van der Waals surface area contributed by atoms with Crippen molar-refractivity contribution in [2.24, 2.45) is 0 Å². The minimum absolute atomic E-state index is 0.320. The van der Waals surface area contributed by atoms with E-state index in [1.165, 1.54) is 12.3 Å². The highest BCUT2D eigenvalue weighted by Crippen LogP contribution is 2.28. The van der Waals surface area contributed by atoms with Gasteiger partial charge in [0.25, 0.3) is 5.91 Å². The molecule has 0 aliphatic rings. The van der Waals surface area contributed by atoms with Crippen LogP contribution in [-0.2, 0) is 0 Å². The molecule has 1 amide bonds. The second-order valence-corrected chi connectivity index (χ2v) is 5.87. The lowest BCUT2D eigenvalue weighted by Crippen LogP contribution is -2.15. The van der Waals surface area contributed by atoms with Crippen LogP contribution in [0, 0.1) is 18.6 Å². The van der Waals surface area contributed by atoms with Crippen molar-refractivity contribution in [2.75, 3.05) is 5.32 Å². The third-order valence-corrected chi connectivity index (χ3v) is 3.94. The van der Waals surface area contributed by atoms with Gasteiger partial charge in [0.2, 0.25) is 0 Å². The van der Waals surface area contributed by atoms with Gasteiger partial charge in [0.05, 0.1) is 17.6 Å². The molecule has 0 radical (unpaired) electrons.